The van der Waals surface area contributed by atoms with Crippen LogP contribution in [0.15, 0.2) is 18.5 Å². The van der Waals surface area contributed by atoms with Crippen LogP contribution in [0.25, 0.3) is 10.9 Å². The van der Waals surface area contributed by atoms with Crippen LogP contribution in [-0.2, 0) is 4.79 Å². The van der Waals surface area contributed by atoms with Crippen LogP contribution >= 0.6 is 0 Å². The van der Waals surface area contributed by atoms with Crippen molar-refractivity contribution in [2.45, 2.75) is 0 Å². The van der Waals surface area contributed by atoms with Crippen LogP contribution in [0.1, 0.15) is 0 Å². The van der Waals surface area contributed by atoms with E-state index in [0.717, 1.165) is 0 Å². The van der Waals surface area contributed by atoms with Crippen LogP contribution in [0.4, 0.5) is 10.2 Å². The Balaban J connectivity index is 2.01. The van der Waals surface area contributed by atoms with Gasteiger partial charge in [0.15, 0.2) is 11.6 Å². The van der Waals surface area contributed by atoms with Crippen molar-refractivity contribution in [3.05, 3.63) is 24.3 Å². The number of carbonyl (C=O) groups is 1. The molecular weight excluding hydrogens is 265 g/mol. The second-order valence-electron chi connectivity index (χ2n) is 4.62. The van der Waals surface area contributed by atoms with E-state index in [1.807, 2.05) is 0 Å². The molecule has 7 heteroatoms. The zero-order valence-corrected chi connectivity index (χ0v) is 10.7. The van der Waals surface area contributed by atoms with Crippen molar-refractivity contribution >= 4 is 22.7 Å². The monoisotopic (exact) mass is 277 g/mol. The van der Waals surface area contributed by atoms with Gasteiger partial charge in [-0.1, -0.05) is 0 Å². The van der Waals surface area contributed by atoms with Gasteiger partial charge in [0.1, 0.15) is 17.7 Å². The second kappa shape index (κ2) is 4.59. The molecule has 0 atom stereocenters. The molecular formula is C13H12FN3O3. The molecule has 1 aliphatic heterocycles. The molecule has 1 aromatic carbocycles. The Bertz CT molecular complexity index is 686. The lowest BCUT2D eigenvalue weighted by Crippen LogP contribution is -2.50. The van der Waals surface area contributed by atoms with Gasteiger partial charge in [0.05, 0.1) is 13.0 Å². The maximum Gasteiger partial charge on any atom is 0.310 e. The summed E-state index contributed by atoms with van der Waals surface area (Å²) in [5.41, 5.74) is 0.174. The lowest BCUT2D eigenvalue weighted by Gasteiger charge is -2.38. The molecule has 2 heterocycles. The summed E-state index contributed by atoms with van der Waals surface area (Å²) in [6, 6.07) is 3.19. The van der Waals surface area contributed by atoms with E-state index in [-0.39, 0.29) is 11.3 Å². The predicted molar refractivity (Wildman–Crippen MR) is 69.4 cm³/mol. The van der Waals surface area contributed by atoms with Crippen LogP contribution in [0.3, 0.4) is 0 Å². The van der Waals surface area contributed by atoms with E-state index in [9.17, 15) is 9.18 Å². The van der Waals surface area contributed by atoms with E-state index in [4.69, 9.17) is 9.84 Å². The van der Waals surface area contributed by atoms with Crippen molar-refractivity contribution in [2.75, 3.05) is 25.1 Å². The topological polar surface area (TPSA) is 75.5 Å². The van der Waals surface area contributed by atoms with E-state index in [2.05, 4.69) is 9.97 Å². The number of ether oxygens (including phenoxy) is 1. The zero-order chi connectivity index (χ0) is 14.3. The Labute approximate surface area is 113 Å². The fourth-order valence-corrected chi connectivity index (χ4v) is 2.28. The highest BCUT2D eigenvalue weighted by Crippen LogP contribution is 2.32. The first-order chi connectivity index (χ1) is 9.61. The molecule has 104 valence electrons. The Kier molecular flexibility index (Phi) is 2.89. The minimum absolute atomic E-state index is 0.120. The lowest BCUT2D eigenvalue weighted by molar-refractivity contribution is -0.142. The highest BCUT2D eigenvalue weighted by atomic mass is 19.1. The summed E-state index contributed by atoms with van der Waals surface area (Å²) in [7, 11) is 1.39. The molecule has 0 saturated carbocycles. The summed E-state index contributed by atoms with van der Waals surface area (Å²) >= 11 is 0. The van der Waals surface area contributed by atoms with Gasteiger partial charge in [0, 0.05) is 18.5 Å². The van der Waals surface area contributed by atoms with Crippen LogP contribution < -0.4 is 9.64 Å². The van der Waals surface area contributed by atoms with Crippen molar-refractivity contribution in [3.8, 4) is 5.75 Å². The predicted octanol–water partition coefficient (Wildman–Crippen LogP) is 1.30. The number of hydrogen-bond donors (Lipinski definition) is 1. The molecule has 2 aromatic rings. The fourth-order valence-electron chi connectivity index (χ4n) is 2.28. The largest absolute Gasteiger partial charge is 0.494 e. The lowest BCUT2D eigenvalue weighted by atomic mass is 10.00. The zero-order valence-electron chi connectivity index (χ0n) is 10.7. The van der Waals surface area contributed by atoms with Crippen molar-refractivity contribution in [2.24, 2.45) is 5.92 Å². The normalized spacial score (nSPS) is 15.2. The maximum atomic E-state index is 14.1. The number of methoxy groups -OCH3 is 1. The Hall–Kier alpha value is -2.44. The molecule has 1 N–H and O–H groups in total. The number of aromatic nitrogens is 2. The summed E-state index contributed by atoms with van der Waals surface area (Å²) in [6.07, 6.45) is 1.27. The second-order valence-corrected chi connectivity index (χ2v) is 4.62. The molecule has 1 aliphatic rings. The average molecular weight is 277 g/mol. The summed E-state index contributed by atoms with van der Waals surface area (Å²) in [5.74, 6) is -1.09. The van der Waals surface area contributed by atoms with E-state index >= 15 is 0 Å². The number of nitrogens with zero attached hydrogens (tertiary/aromatic N) is 3. The number of hydrogen-bond acceptors (Lipinski definition) is 5. The molecule has 3 rings (SSSR count). The number of carboxylic acids is 1. The number of carboxylic acid groups (broad SMARTS) is 1. The van der Waals surface area contributed by atoms with E-state index in [1.54, 1.807) is 11.0 Å². The molecule has 0 radical (unpaired) electrons. The van der Waals surface area contributed by atoms with Crippen LogP contribution in [0, 0.1) is 11.7 Å². The van der Waals surface area contributed by atoms with Gasteiger partial charge in [0.2, 0.25) is 0 Å². The first kappa shape index (κ1) is 12.6. The van der Waals surface area contributed by atoms with Gasteiger partial charge in [-0.3, -0.25) is 4.79 Å². The van der Waals surface area contributed by atoms with Crippen LogP contribution in [-0.4, -0.2) is 41.2 Å². The highest BCUT2D eigenvalue weighted by Gasteiger charge is 2.34. The molecule has 1 aromatic heterocycles. The van der Waals surface area contributed by atoms with Crippen LogP contribution in [0.2, 0.25) is 0 Å². The molecule has 0 unspecified atom stereocenters. The van der Waals surface area contributed by atoms with Gasteiger partial charge < -0.3 is 14.7 Å². The smallest absolute Gasteiger partial charge is 0.310 e. The highest BCUT2D eigenvalue weighted by molar-refractivity contribution is 5.91. The molecule has 0 amide bonds. The standard InChI is InChI=1S/C13H12FN3O3/c1-20-9-3-2-8-11(10(9)14)15-6-16-12(8)17-4-7(5-17)13(18)19/h2-3,6-7H,4-5H2,1H3,(H,18,19). The summed E-state index contributed by atoms with van der Waals surface area (Å²) in [4.78, 5) is 20.7. The van der Waals surface area contributed by atoms with E-state index in [1.165, 1.54) is 19.5 Å². The average Bonchev–Trinajstić information content (AvgIpc) is 2.38. The van der Waals surface area contributed by atoms with Gasteiger partial charge in [-0.25, -0.2) is 14.4 Å². The van der Waals surface area contributed by atoms with Gasteiger partial charge in [-0.2, -0.15) is 0 Å². The number of anilines is 1. The third-order valence-corrected chi connectivity index (χ3v) is 3.44. The summed E-state index contributed by atoms with van der Waals surface area (Å²) in [5, 5.41) is 9.44. The van der Waals surface area contributed by atoms with Gasteiger partial charge in [-0.05, 0) is 12.1 Å². The third kappa shape index (κ3) is 1.82. The SMILES string of the molecule is COc1ccc2c(N3CC(C(=O)O)C3)ncnc2c1F. The summed E-state index contributed by atoms with van der Waals surface area (Å²) < 4.78 is 19.0. The first-order valence-electron chi connectivity index (χ1n) is 6.06. The van der Waals surface area contributed by atoms with Crippen molar-refractivity contribution in [1.29, 1.82) is 0 Å². The van der Waals surface area contributed by atoms with E-state index < -0.39 is 17.7 Å². The Morgan fingerprint density at radius 3 is 2.85 bits per heavy atom. The number of rotatable bonds is 3. The molecule has 0 bridgehead atoms. The number of benzene rings is 1. The first-order valence-corrected chi connectivity index (χ1v) is 6.06. The number of halogens is 1. The van der Waals surface area contributed by atoms with Crippen molar-refractivity contribution in [1.82, 2.24) is 9.97 Å². The number of fused-ring (bicyclic) bond motifs is 1. The molecule has 6 nitrogen and oxygen atoms in total. The maximum absolute atomic E-state index is 14.1. The van der Waals surface area contributed by atoms with Crippen molar-refractivity contribution < 1.29 is 19.0 Å². The van der Waals surface area contributed by atoms with Crippen molar-refractivity contribution in [3.63, 3.8) is 0 Å². The molecule has 0 spiro atoms. The third-order valence-electron chi connectivity index (χ3n) is 3.44. The van der Waals surface area contributed by atoms with Crippen LogP contribution in [0.5, 0.6) is 5.75 Å². The van der Waals surface area contributed by atoms with Gasteiger partial charge in [-0.15, -0.1) is 0 Å². The Morgan fingerprint density at radius 1 is 1.45 bits per heavy atom. The molecule has 0 aliphatic carbocycles. The fraction of sp³-hybridized carbons (Fsp3) is 0.308. The quantitative estimate of drug-likeness (QED) is 0.911. The minimum Gasteiger partial charge on any atom is -0.494 e. The molecule has 20 heavy (non-hydrogen) atoms. The van der Waals surface area contributed by atoms with E-state index in [0.29, 0.717) is 24.3 Å². The number of aliphatic carboxylic acids is 1. The minimum atomic E-state index is -0.826. The molecule has 1 saturated heterocycles. The summed E-state index contributed by atoms with van der Waals surface area (Å²) in [6.45, 7) is 0.740. The Morgan fingerprint density at radius 2 is 2.20 bits per heavy atom. The molecule has 1 fully saturated rings. The van der Waals surface area contributed by atoms with Gasteiger partial charge in [0.25, 0.3) is 0 Å². The van der Waals surface area contributed by atoms with Gasteiger partial charge >= 0.3 is 5.97 Å².